The van der Waals surface area contributed by atoms with Crippen LogP contribution in [0.25, 0.3) is 0 Å². The lowest BCUT2D eigenvalue weighted by Gasteiger charge is -2.39. The van der Waals surface area contributed by atoms with Gasteiger partial charge < -0.3 is 15.2 Å². The minimum atomic E-state index is 0.0744. The number of nitrogens with two attached hydrogens (primary N) is 1. The Bertz CT molecular complexity index is 417. The van der Waals surface area contributed by atoms with E-state index in [1.165, 1.54) is 6.42 Å². The predicted octanol–water partition coefficient (Wildman–Crippen LogP) is 3.37. The van der Waals surface area contributed by atoms with Gasteiger partial charge >= 0.3 is 0 Å². The summed E-state index contributed by atoms with van der Waals surface area (Å²) in [5, 5.41) is 0. The van der Waals surface area contributed by atoms with E-state index in [0.717, 1.165) is 24.3 Å². The van der Waals surface area contributed by atoms with Crippen molar-refractivity contribution in [2.45, 2.75) is 52.2 Å². The van der Waals surface area contributed by atoms with Crippen molar-refractivity contribution >= 4 is 0 Å². The molecule has 0 saturated heterocycles. The van der Waals surface area contributed by atoms with Crippen LogP contribution in [0.4, 0.5) is 0 Å². The number of ether oxygens (including phenoxy) is 2. The summed E-state index contributed by atoms with van der Waals surface area (Å²) in [7, 11) is 0. The third kappa shape index (κ3) is 3.63. The van der Waals surface area contributed by atoms with Crippen LogP contribution in [-0.4, -0.2) is 18.8 Å². The van der Waals surface area contributed by atoms with Crippen molar-refractivity contribution in [3.05, 3.63) is 24.3 Å². The first-order valence-electron chi connectivity index (χ1n) is 7.16. The van der Waals surface area contributed by atoms with Gasteiger partial charge in [0.25, 0.3) is 0 Å². The molecular weight excluding hydrogens is 238 g/mol. The molecule has 1 saturated carbocycles. The Kier molecular flexibility index (Phi) is 4.35. The fraction of sp³-hybridized carbons (Fsp3) is 0.625. The standard InChI is InChI=1S/C16H25NO2/c1-4-18-13-7-5-6-8-14(13)19-15-11-16(2,3)10-9-12(15)17/h5-8,12,15H,4,9-11,17H2,1-3H3. The molecule has 3 nitrogen and oxygen atoms in total. The van der Waals surface area contributed by atoms with Crippen LogP contribution < -0.4 is 15.2 Å². The first-order valence-corrected chi connectivity index (χ1v) is 7.16. The highest BCUT2D eigenvalue weighted by atomic mass is 16.5. The van der Waals surface area contributed by atoms with Crippen molar-refractivity contribution in [3.63, 3.8) is 0 Å². The lowest BCUT2D eigenvalue weighted by molar-refractivity contribution is 0.0642. The average molecular weight is 263 g/mol. The first kappa shape index (κ1) is 14.2. The van der Waals surface area contributed by atoms with Gasteiger partial charge in [0.15, 0.2) is 11.5 Å². The normalized spacial score (nSPS) is 25.9. The van der Waals surface area contributed by atoms with Crippen LogP contribution in [0, 0.1) is 5.41 Å². The molecule has 106 valence electrons. The smallest absolute Gasteiger partial charge is 0.161 e. The topological polar surface area (TPSA) is 44.5 Å². The monoisotopic (exact) mass is 263 g/mol. The van der Waals surface area contributed by atoms with Crippen LogP contribution in [0.1, 0.15) is 40.0 Å². The van der Waals surface area contributed by atoms with Gasteiger partial charge in [-0.05, 0) is 43.7 Å². The first-order chi connectivity index (χ1) is 9.02. The van der Waals surface area contributed by atoms with Crippen molar-refractivity contribution < 1.29 is 9.47 Å². The van der Waals surface area contributed by atoms with Gasteiger partial charge in [0, 0.05) is 6.04 Å². The number of hydrogen-bond donors (Lipinski definition) is 1. The van der Waals surface area contributed by atoms with Gasteiger partial charge in [-0.25, -0.2) is 0 Å². The van der Waals surface area contributed by atoms with E-state index < -0.39 is 0 Å². The SMILES string of the molecule is CCOc1ccccc1OC1CC(C)(C)CCC1N. The minimum Gasteiger partial charge on any atom is -0.490 e. The summed E-state index contributed by atoms with van der Waals surface area (Å²) in [6, 6.07) is 7.94. The quantitative estimate of drug-likeness (QED) is 0.905. The van der Waals surface area contributed by atoms with E-state index in [4.69, 9.17) is 15.2 Å². The van der Waals surface area contributed by atoms with Crippen LogP contribution >= 0.6 is 0 Å². The number of hydrogen-bond acceptors (Lipinski definition) is 3. The van der Waals surface area contributed by atoms with E-state index in [1.807, 2.05) is 31.2 Å². The maximum atomic E-state index is 6.21. The van der Waals surface area contributed by atoms with E-state index in [-0.39, 0.29) is 12.1 Å². The second kappa shape index (κ2) is 5.83. The second-order valence-corrected chi connectivity index (χ2v) is 6.11. The molecule has 0 aromatic heterocycles. The van der Waals surface area contributed by atoms with Crippen molar-refractivity contribution in [3.8, 4) is 11.5 Å². The molecule has 0 aliphatic heterocycles. The fourth-order valence-corrected chi connectivity index (χ4v) is 2.66. The maximum absolute atomic E-state index is 6.21. The Morgan fingerprint density at radius 1 is 1.26 bits per heavy atom. The van der Waals surface area contributed by atoms with Gasteiger partial charge in [-0.15, -0.1) is 0 Å². The molecule has 0 amide bonds. The summed E-state index contributed by atoms with van der Waals surface area (Å²) in [6.45, 7) is 7.18. The Balaban J connectivity index is 2.11. The van der Waals surface area contributed by atoms with Gasteiger partial charge in [-0.1, -0.05) is 26.0 Å². The van der Waals surface area contributed by atoms with Crippen molar-refractivity contribution in [2.75, 3.05) is 6.61 Å². The van der Waals surface area contributed by atoms with Gasteiger partial charge in [0.1, 0.15) is 6.10 Å². The van der Waals surface area contributed by atoms with E-state index >= 15 is 0 Å². The van der Waals surface area contributed by atoms with Gasteiger partial charge in [0.2, 0.25) is 0 Å². The van der Waals surface area contributed by atoms with Crippen molar-refractivity contribution in [2.24, 2.45) is 11.1 Å². The van der Waals surface area contributed by atoms with Crippen LogP contribution in [0.2, 0.25) is 0 Å². The van der Waals surface area contributed by atoms with E-state index in [0.29, 0.717) is 12.0 Å². The van der Waals surface area contributed by atoms with Crippen LogP contribution in [0.3, 0.4) is 0 Å². The molecule has 0 radical (unpaired) electrons. The highest BCUT2D eigenvalue weighted by Gasteiger charge is 2.34. The van der Waals surface area contributed by atoms with Crippen LogP contribution in [0.5, 0.6) is 11.5 Å². The Morgan fingerprint density at radius 2 is 1.95 bits per heavy atom. The number of rotatable bonds is 4. The Morgan fingerprint density at radius 3 is 2.63 bits per heavy atom. The zero-order valence-corrected chi connectivity index (χ0v) is 12.2. The average Bonchev–Trinajstić information content (AvgIpc) is 2.36. The molecule has 2 rings (SSSR count). The molecule has 0 bridgehead atoms. The molecule has 2 atom stereocenters. The lowest BCUT2D eigenvalue weighted by atomic mass is 9.74. The van der Waals surface area contributed by atoms with Gasteiger partial charge in [-0.2, -0.15) is 0 Å². The molecule has 19 heavy (non-hydrogen) atoms. The third-order valence-corrected chi connectivity index (χ3v) is 3.81. The molecular formula is C16H25NO2. The Hall–Kier alpha value is -1.22. The molecule has 1 fully saturated rings. The largest absolute Gasteiger partial charge is 0.490 e. The molecule has 1 aromatic carbocycles. The zero-order chi connectivity index (χ0) is 13.9. The minimum absolute atomic E-state index is 0.0744. The number of benzene rings is 1. The summed E-state index contributed by atoms with van der Waals surface area (Å²) in [4.78, 5) is 0. The molecule has 2 N–H and O–H groups in total. The van der Waals surface area contributed by atoms with Crippen molar-refractivity contribution in [1.82, 2.24) is 0 Å². The van der Waals surface area contributed by atoms with E-state index in [1.54, 1.807) is 0 Å². The molecule has 0 heterocycles. The summed E-state index contributed by atoms with van der Waals surface area (Å²) < 4.78 is 11.7. The van der Waals surface area contributed by atoms with Gasteiger partial charge in [0.05, 0.1) is 6.61 Å². The summed E-state index contributed by atoms with van der Waals surface area (Å²) in [5.41, 5.74) is 6.51. The molecule has 1 aliphatic rings. The van der Waals surface area contributed by atoms with E-state index in [9.17, 15) is 0 Å². The molecule has 0 spiro atoms. The molecule has 1 aliphatic carbocycles. The molecule has 1 aromatic rings. The maximum Gasteiger partial charge on any atom is 0.161 e. The van der Waals surface area contributed by atoms with E-state index in [2.05, 4.69) is 13.8 Å². The number of para-hydroxylation sites is 2. The van der Waals surface area contributed by atoms with Crippen LogP contribution in [-0.2, 0) is 0 Å². The summed E-state index contributed by atoms with van der Waals surface area (Å²) in [6.07, 6.45) is 3.26. The van der Waals surface area contributed by atoms with Crippen molar-refractivity contribution in [1.29, 1.82) is 0 Å². The molecule has 3 heteroatoms. The predicted molar refractivity (Wildman–Crippen MR) is 77.6 cm³/mol. The highest BCUT2D eigenvalue weighted by molar-refractivity contribution is 5.39. The zero-order valence-electron chi connectivity index (χ0n) is 12.2. The molecule has 2 unspecified atom stereocenters. The lowest BCUT2D eigenvalue weighted by Crippen LogP contribution is -2.46. The fourth-order valence-electron chi connectivity index (χ4n) is 2.66. The summed E-state index contributed by atoms with van der Waals surface area (Å²) >= 11 is 0. The highest BCUT2D eigenvalue weighted by Crippen LogP contribution is 2.38. The summed E-state index contributed by atoms with van der Waals surface area (Å²) in [5.74, 6) is 1.61. The van der Waals surface area contributed by atoms with Crippen LogP contribution in [0.15, 0.2) is 24.3 Å². The second-order valence-electron chi connectivity index (χ2n) is 6.11. The Labute approximate surface area is 116 Å². The third-order valence-electron chi connectivity index (χ3n) is 3.81. The van der Waals surface area contributed by atoms with Gasteiger partial charge in [-0.3, -0.25) is 0 Å².